The van der Waals surface area contributed by atoms with E-state index in [0.717, 1.165) is 19.4 Å². The Balaban J connectivity index is 2.16. The van der Waals surface area contributed by atoms with Crippen molar-refractivity contribution in [2.75, 3.05) is 19.6 Å². The second-order valence-corrected chi connectivity index (χ2v) is 3.96. The Morgan fingerprint density at radius 1 is 1.29 bits per heavy atom. The third-order valence-electron chi connectivity index (χ3n) is 2.58. The van der Waals surface area contributed by atoms with Gasteiger partial charge in [0.15, 0.2) is 0 Å². The molecule has 2 nitrogen and oxygen atoms in total. The van der Waals surface area contributed by atoms with Crippen LogP contribution in [0.1, 0.15) is 39.0 Å². The molecule has 0 unspecified atom stereocenters. The van der Waals surface area contributed by atoms with Crippen molar-refractivity contribution in [3.8, 4) is 11.8 Å². The minimum atomic E-state index is -0.412. The lowest BCUT2D eigenvalue weighted by molar-refractivity contribution is 0.220. The van der Waals surface area contributed by atoms with E-state index < -0.39 is 6.10 Å². The summed E-state index contributed by atoms with van der Waals surface area (Å²) in [5, 5.41) is 9.39. The van der Waals surface area contributed by atoms with Crippen LogP contribution in [0.2, 0.25) is 0 Å². The maximum Gasteiger partial charge on any atom is 0.114 e. The van der Waals surface area contributed by atoms with E-state index in [1.807, 2.05) is 0 Å². The summed E-state index contributed by atoms with van der Waals surface area (Å²) >= 11 is 0. The van der Waals surface area contributed by atoms with E-state index in [1.165, 1.54) is 32.4 Å². The monoisotopic (exact) mass is 195 g/mol. The van der Waals surface area contributed by atoms with Gasteiger partial charge in [0.05, 0.1) is 6.54 Å². The molecule has 1 aliphatic rings. The Morgan fingerprint density at radius 3 is 2.64 bits per heavy atom. The lowest BCUT2D eigenvalue weighted by Gasteiger charge is -2.23. The Hall–Kier alpha value is -0.520. The van der Waals surface area contributed by atoms with Gasteiger partial charge >= 0.3 is 0 Å². The van der Waals surface area contributed by atoms with Gasteiger partial charge in [0.25, 0.3) is 0 Å². The molecule has 1 aliphatic heterocycles. The van der Waals surface area contributed by atoms with Crippen LogP contribution in [0.15, 0.2) is 0 Å². The Kier molecular flexibility index (Phi) is 5.66. The van der Waals surface area contributed by atoms with Gasteiger partial charge in [-0.1, -0.05) is 31.6 Å². The van der Waals surface area contributed by atoms with Gasteiger partial charge in [0.2, 0.25) is 0 Å². The van der Waals surface area contributed by atoms with Crippen molar-refractivity contribution in [1.29, 1.82) is 0 Å². The van der Waals surface area contributed by atoms with Crippen LogP contribution < -0.4 is 0 Å². The van der Waals surface area contributed by atoms with Crippen LogP contribution in [0.5, 0.6) is 0 Å². The summed E-state index contributed by atoms with van der Waals surface area (Å²) in [6, 6.07) is 0. The highest BCUT2D eigenvalue weighted by Gasteiger charge is 2.07. The number of piperidine rings is 1. The zero-order chi connectivity index (χ0) is 10.2. The summed E-state index contributed by atoms with van der Waals surface area (Å²) in [6.45, 7) is 5.26. The van der Waals surface area contributed by atoms with E-state index in [0.29, 0.717) is 0 Å². The molecular formula is C12H21NO. The van der Waals surface area contributed by atoms with Crippen LogP contribution in [0.25, 0.3) is 0 Å². The number of rotatable bonds is 3. The maximum atomic E-state index is 9.39. The molecule has 0 radical (unpaired) electrons. The predicted octanol–water partition coefficient (Wildman–Crippen LogP) is 1.64. The zero-order valence-electron chi connectivity index (χ0n) is 9.13. The number of hydrogen-bond acceptors (Lipinski definition) is 2. The fraction of sp³-hybridized carbons (Fsp3) is 0.833. The molecule has 0 aromatic rings. The van der Waals surface area contributed by atoms with Crippen LogP contribution in [0.4, 0.5) is 0 Å². The first-order valence-corrected chi connectivity index (χ1v) is 5.71. The van der Waals surface area contributed by atoms with E-state index in [-0.39, 0.29) is 0 Å². The average molecular weight is 195 g/mol. The Labute approximate surface area is 87.3 Å². The van der Waals surface area contributed by atoms with Crippen LogP contribution >= 0.6 is 0 Å². The van der Waals surface area contributed by atoms with Crippen LogP contribution in [-0.4, -0.2) is 35.7 Å². The molecule has 1 rings (SSSR count). The lowest BCUT2D eigenvalue weighted by Crippen LogP contribution is -2.30. The highest BCUT2D eigenvalue weighted by Crippen LogP contribution is 2.07. The Bertz CT molecular complexity index is 198. The minimum Gasteiger partial charge on any atom is -0.380 e. The molecular weight excluding hydrogens is 174 g/mol. The molecule has 80 valence electrons. The van der Waals surface area contributed by atoms with Crippen molar-refractivity contribution < 1.29 is 5.11 Å². The summed E-state index contributed by atoms with van der Waals surface area (Å²) in [5.41, 5.74) is 0. The van der Waals surface area contributed by atoms with E-state index in [2.05, 4.69) is 23.7 Å². The number of hydrogen-bond donors (Lipinski definition) is 1. The molecule has 0 saturated carbocycles. The number of likely N-dealkylation sites (tertiary alicyclic amines) is 1. The molecule has 0 aliphatic carbocycles. The summed E-state index contributed by atoms with van der Waals surface area (Å²) in [7, 11) is 0. The molecule has 1 saturated heterocycles. The smallest absolute Gasteiger partial charge is 0.114 e. The average Bonchev–Trinajstić information content (AvgIpc) is 2.20. The normalized spacial score (nSPS) is 19.9. The molecule has 1 heterocycles. The van der Waals surface area contributed by atoms with Crippen LogP contribution in [-0.2, 0) is 0 Å². The van der Waals surface area contributed by atoms with Crippen molar-refractivity contribution in [3.05, 3.63) is 0 Å². The van der Waals surface area contributed by atoms with Crippen molar-refractivity contribution in [1.82, 2.24) is 4.90 Å². The van der Waals surface area contributed by atoms with E-state index in [1.54, 1.807) is 0 Å². The third kappa shape index (κ3) is 4.64. The molecule has 14 heavy (non-hydrogen) atoms. The first kappa shape index (κ1) is 11.6. The first-order valence-electron chi connectivity index (χ1n) is 5.71. The second-order valence-electron chi connectivity index (χ2n) is 3.96. The van der Waals surface area contributed by atoms with Gasteiger partial charge in [0.1, 0.15) is 6.10 Å². The maximum absolute atomic E-state index is 9.39. The molecule has 0 spiro atoms. The van der Waals surface area contributed by atoms with E-state index >= 15 is 0 Å². The van der Waals surface area contributed by atoms with Crippen molar-refractivity contribution in [3.63, 3.8) is 0 Å². The van der Waals surface area contributed by atoms with Crippen molar-refractivity contribution >= 4 is 0 Å². The van der Waals surface area contributed by atoms with Gasteiger partial charge in [-0.05, 0) is 32.4 Å². The minimum absolute atomic E-state index is 0.412. The summed E-state index contributed by atoms with van der Waals surface area (Å²) in [6.07, 6.45) is 5.36. The SMILES string of the molecule is CCC[C@@H](O)C#CCN1CCCCC1. The van der Waals surface area contributed by atoms with Crippen molar-refractivity contribution in [2.45, 2.75) is 45.1 Å². The topological polar surface area (TPSA) is 23.5 Å². The van der Waals surface area contributed by atoms with Gasteiger partial charge in [-0.3, -0.25) is 4.90 Å². The van der Waals surface area contributed by atoms with E-state index in [9.17, 15) is 5.11 Å². The molecule has 1 fully saturated rings. The largest absolute Gasteiger partial charge is 0.380 e. The van der Waals surface area contributed by atoms with Crippen molar-refractivity contribution in [2.24, 2.45) is 0 Å². The lowest BCUT2D eigenvalue weighted by atomic mass is 10.1. The highest BCUT2D eigenvalue weighted by atomic mass is 16.3. The van der Waals surface area contributed by atoms with Gasteiger partial charge in [-0.15, -0.1) is 0 Å². The molecule has 2 heteroatoms. The quantitative estimate of drug-likeness (QED) is 0.692. The second kappa shape index (κ2) is 6.86. The molecule has 0 aromatic carbocycles. The molecule has 0 aromatic heterocycles. The first-order chi connectivity index (χ1) is 6.83. The van der Waals surface area contributed by atoms with Gasteiger partial charge in [-0.2, -0.15) is 0 Å². The summed E-state index contributed by atoms with van der Waals surface area (Å²) in [5.74, 6) is 5.96. The van der Waals surface area contributed by atoms with E-state index in [4.69, 9.17) is 0 Å². The number of aliphatic hydroxyl groups excluding tert-OH is 1. The van der Waals surface area contributed by atoms with Crippen LogP contribution in [0.3, 0.4) is 0 Å². The molecule has 1 atom stereocenters. The van der Waals surface area contributed by atoms with Gasteiger partial charge in [0, 0.05) is 0 Å². The summed E-state index contributed by atoms with van der Waals surface area (Å²) in [4.78, 5) is 2.37. The highest BCUT2D eigenvalue weighted by molar-refractivity contribution is 5.06. The predicted molar refractivity (Wildman–Crippen MR) is 59.0 cm³/mol. The number of aliphatic hydroxyl groups is 1. The van der Waals surface area contributed by atoms with Gasteiger partial charge < -0.3 is 5.11 Å². The third-order valence-corrected chi connectivity index (χ3v) is 2.58. The summed E-state index contributed by atoms with van der Waals surface area (Å²) < 4.78 is 0. The fourth-order valence-corrected chi connectivity index (χ4v) is 1.74. The Morgan fingerprint density at radius 2 is 2.00 bits per heavy atom. The zero-order valence-corrected chi connectivity index (χ0v) is 9.13. The number of nitrogens with zero attached hydrogens (tertiary/aromatic N) is 1. The molecule has 0 bridgehead atoms. The molecule has 0 amide bonds. The fourth-order valence-electron chi connectivity index (χ4n) is 1.74. The standard InChI is InChI=1S/C12H21NO/c1-2-7-12(14)8-6-11-13-9-4-3-5-10-13/h12,14H,2-5,7,9-11H2,1H3/t12-/m1/s1. The molecule has 1 N–H and O–H groups in total. The van der Waals surface area contributed by atoms with Gasteiger partial charge in [-0.25, -0.2) is 0 Å². The van der Waals surface area contributed by atoms with Crippen LogP contribution in [0, 0.1) is 11.8 Å².